The molecule has 1 aliphatic heterocycles. The van der Waals surface area contributed by atoms with E-state index in [9.17, 15) is 23.4 Å². The number of hydrogen-bond acceptors (Lipinski definition) is 8. The van der Waals surface area contributed by atoms with E-state index in [2.05, 4.69) is 15.0 Å². The minimum atomic E-state index is -3.98. The summed E-state index contributed by atoms with van der Waals surface area (Å²) in [5.41, 5.74) is 0.100. The molecule has 2 aliphatic rings. The van der Waals surface area contributed by atoms with Gasteiger partial charge in [-0.15, -0.1) is 0 Å². The van der Waals surface area contributed by atoms with Crippen molar-refractivity contribution < 1.29 is 32.9 Å². The first-order chi connectivity index (χ1) is 18.2. The maximum absolute atomic E-state index is 13.3. The molecule has 1 amide bonds. The highest BCUT2D eigenvalue weighted by molar-refractivity contribution is 7.89. The second kappa shape index (κ2) is 9.99. The van der Waals surface area contributed by atoms with Crippen LogP contribution in [0.2, 0.25) is 0 Å². The molecule has 4 N–H and O–H groups in total. The van der Waals surface area contributed by atoms with Crippen LogP contribution >= 0.6 is 0 Å². The van der Waals surface area contributed by atoms with Gasteiger partial charge in [0.2, 0.25) is 22.7 Å². The molecule has 1 saturated carbocycles. The van der Waals surface area contributed by atoms with Gasteiger partial charge in [-0.3, -0.25) is 4.79 Å². The average molecular weight is 540 g/mol. The lowest BCUT2D eigenvalue weighted by Crippen LogP contribution is -2.53. The van der Waals surface area contributed by atoms with Crippen molar-refractivity contribution in [2.45, 2.75) is 42.0 Å². The molecular weight excluding hydrogens is 510 g/mol. The number of amides is 1. The number of ether oxygens (including phenoxy) is 2. The molecule has 0 atom stereocenters. The molecule has 200 valence electrons. The summed E-state index contributed by atoms with van der Waals surface area (Å²) in [5.74, 6) is 1.54. The molecule has 1 aromatic heterocycles. The first-order valence-corrected chi connectivity index (χ1v) is 13.8. The SMILES string of the molecule is CCC(CO)(CO)NS(=O)(=O)c1ccc(-c2cccc(NC(=O)C3(c4ccc5c(c4)OCO5)CC3)n2)cc1. The van der Waals surface area contributed by atoms with Crippen molar-refractivity contribution in [3.63, 3.8) is 0 Å². The van der Waals surface area contributed by atoms with Gasteiger partial charge >= 0.3 is 0 Å². The minimum absolute atomic E-state index is 0.00941. The van der Waals surface area contributed by atoms with Gasteiger partial charge < -0.3 is 25.0 Å². The average Bonchev–Trinajstić information content (AvgIpc) is 3.62. The zero-order valence-electron chi connectivity index (χ0n) is 20.8. The van der Waals surface area contributed by atoms with Crippen molar-refractivity contribution in [2.75, 3.05) is 25.3 Å². The lowest BCUT2D eigenvalue weighted by atomic mass is 9.94. The standard InChI is InChI=1S/C27H29N3O7S/c1-2-26(15-31,16-32)30-38(34,35)20-9-6-18(7-10-20)21-4-3-5-24(28-21)29-25(33)27(12-13-27)19-8-11-22-23(14-19)37-17-36-22/h3-11,14,30-32H,2,12-13,15-17H2,1H3,(H,28,29,33). The minimum Gasteiger partial charge on any atom is -0.454 e. The van der Waals surface area contributed by atoms with Crippen LogP contribution in [0.3, 0.4) is 0 Å². The second-order valence-electron chi connectivity index (χ2n) is 9.59. The van der Waals surface area contributed by atoms with Crippen LogP contribution in [-0.4, -0.2) is 55.1 Å². The maximum Gasteiger partial charge on any atom is 0.241 e. The normalized spacial score (nSPS) is 15.8. The predicted molar refractivity (Wildman–Crippen MR) is 139 cm³/mol. The smallest absolute Gasteiger partial charge is 0.241 e. The Bertz CT molecular complexity index is 1440. The van der Waals surface area contributed by atoms with Gasteiger partial charge in [-0.05, 0) is 61.2 Å². The maximum atomic E-state index is 13.3. The van der Waals surface area contributed by atoms with Crippen LogP contribution in [0.25, 0.3) is 11.3 Å². The first-order valence-electron chi connectivity index (χ1n) is 12.3. The Labute approximate surface area is 220 Å². The number of aliphatic hydroxyl groups excluding tert-OH is 2. The number of carbonyl (C=O) groups excluding carboxylic acids is 1. The van der Waals surface area contributed by atoms with Gasteiger partial charge in [-0.25, -0.2) is 18.1 Å². The van der Waals surface area contributed by atoms with E-state index >= 15 is 0 Å². The third kappa shape index (κ3) is 4.85. The summed E-state index contributed by atoms with van der Waals surface area (Å²) in [6.07, 6.45) is 1.65. The number of nitrogens with zero attached hydrogens (tertiary/aromatic N) is 1. The molecule has 38 heavy (non-hydrogen) atoms. The number of hydrogen-bond donors (Lipinski definition) is 4. The molecule has 0 saturated heterocycles. The Morgan fingerprint density at radius 2 is 1.74 bits per heavy atom. The number of aliphatic hydroxyl groups is 2. The molecule has 1 aliphatic carbocycles. The van der Waals surface area contributed by atoms with Crippen LogP contribution in [-0.2, 0) is 20.2 Å². The fourth-order valence-corrected chi connectivity index (χ4v) is 5.88. The van der Waals surface area contributed by atoms with Crippen molar-refractivity contribution in [1.29, 1.82) is 0 Å². The number of sulfonamides is 1. The Hall–Kier alpha value is -3.51. The van der Waals surface area contributed by atoms with Crippen molar-refractivity contribution in [2.24, 2.45) is 0 Å². The molecule has 2 aromatic carbocycles. The van der Waals surface area contributed by atoms with Crippen molar-refractivity contribution in [3.8, 4) is 22.8 Å². The van der Waals surface area contributed by atoms with Gasteiger partial charge in [0.1, 0.15) is 5.82 Å². The molecule has 3 aromatic rings. The van der Waals surface area contributed by atoms with E-state index in [0.29, 0.717) is 41.4 Å². The molecule has 0 unspecified atom stereocenters. The number of pyridine rings is 1. The van der Waals surface area contributed by atoms with Crippen molar-refractivity contribution in [1.82, 2.24) is 9.71 Å². The molecule has 2 heterocycles. The molecule has 0 spiro atoms. The Balaban J connectivity index is 1.31. The van der Waals surface area contributed by atoms with E-state index in [1.807, 2.05) is 18.2 Å². The van der Waals surface area contributed by atoms with Crippen LogP contribution in [0.15, 0.2) is 65.6 Å². The summed E-state index contributed by atoms with van der Waals surface area (Å²) in [4.78, 5) is 17.8. The number of aromatic nitrogens is 1. The summed E-state index contributed by atoms with van der Waals surface area (Å²) in [7, 11) is -3.98. The summed E-state index contributed by atoms with van der Waals surface area (Å²) in [6, 6.07) is 16.9. The topological polar surface area (TPSA) is 147 Å². The lowest BCUT2D eigenvalue weighted by molar-refractivity contribution is -0.118. The molecular formula is C27H29N3O7S. The van der Waals surface area contributed by atoms with Gasteiger partial charge in [0.05, 0.1) is 34.8 Å². The van der Waals surface area contributed by atoms with E-state index in [1.54, 1.807) is 37.3 Å². The van der Waals surface area contributed by atoms with Gasteiger partial charge in [0.25, 0.3) is 0 Å². The molecule has 11 heteroatoms. The van der Waals surface area contributed by atoms with Crippen LogP contribution in [0.5, 0.6) is 11.5 Å². The first kappa shape index (κ1) is 26.1. The monoisotopic (exact) mass is 539 g/mol. The zero-order chi connectivity index (χ0) is 27.0. The van der Waals surface area contributed by atoms with Crippen molar-refractivity contribution in [3.05, 3.63) is 66.2 Å². The number of benzene rings is 2. The predicted octanol–water partition coefficient (Wildman–Crippen LogP) is 2.56. The van der Waals surface area contributed by atoms with Crippen LogP contribution in [0.1, 0.15) is 31.7 Å². The third-order valence-electron chi connectivity index (χ3n) is 7.19. The van der Waals surface area contributed by atoms with E-state index in [0.717, 1.165) is 5.56 Å². The number of carbonyl (C=O) groups is 1. The quantitative estimate of drug-likeness (QED) is 0.307. The Morgan fingerprint density at radius 3 is 2.39 bits per heavy atom. The van der Waals surface area contributed by atoms with Gasteiger partial charge in [-0.2, -0.15) is 0 Å². The highest BCUT2D eigenvalue weighted by atomic mass is 32.2. The highest BCUT2D eigenvalue weighted by Gasteiger charge is 2.51. The van der Waals surface area contributed by atoms with Gasteiger partial charge in [-0.1, -0.05) is 31.2 Å². The van der Waals surface area contributed by atoms with Crippen LogP contribution in [0, 0.1) is 0 Å². The van der Waals surface area contributed by atoms with Gasteiger partial charge in [0.15, 0.2) is 11.5 Å². The fraction of sp³-hybridized carbons (Fsp3) is 0.333. The van der Waals surface area contributed by atoms with E-state index in [4.69, 9.17) is 9.47 Å². The number of fused-ring (bicyclic) bond motifs is 1. The largest absolute Gasteiger partial charge is 0.454 e. The van der Waals surface area contributed by atoms with Gasteiger partial charge in [0, 0.05) is 5.56 Å². The highest BCUT2D eigenvalue weighted by Crippen LogP contribution is 2.51. The van der Waals surface area contributed by atoms with E-state index in [1.165, 1.54) is 12.1 Å². The fourth-order valence-electron chi connectivity index (χ4n) is 4.43. The number of anilines is 1. The summed E-state index contributed by atoms with van der Waals surface area (Å²) in [6.45, 7) is 0.782. The summed E-state index contributed by atoms with van der Waals surface area (Å²) < 4.78 is 38.9. The van der Waals surface area contributed by atoms with Crippen LogP contribution < -0.4 is 19.5 Å². The lowest BCUT2D eigenvalue weighted by Gasteiger charge is -2.29. The number of rotatable bonds is 10. The summed E-state index contributed by atoms with van der Waals surface area (Å²) >= 11 is 0. The number of nitrogens with one attached hydrogen (secondary N) is 2. The molecule has 1 fully saturated rings. The third-order valence-corrected chi connectivity index (χ3v) is 8.79. The molecule has 0 bridgehead atoms. The molecule has 5 rings (SSSR count). The molecule has 10 nitrogen and oxygen atoms in total. The molecule has 0 radical (unpaired) electrons. The zero-order valence-corrected chi connectivity index (χ0v) is 21.6. The Kier molecular flexibility index (Phi) is 6.86. The van der Waals surface area contributed by atoms with Crippen LogP contribution in [0.4, 0.5) is 5.82 Å². The second-order valence-corrected chi connectivity index (χ2v) is 11.3. The van der Waals surface area contributed by atoms with E-state index in [-0.39, 0.29) is 24.0 Å². The summed E-state index contributed by atoms with van der Waals surface area (Å²) in [5, 5.41) is 22.1. The van der Waals surface area contributed by atoms with Crippen molar-refractivity contribution >= 4 is 21.7 Å². The Morgan fingerprint density at radius 1 is 1.03 bits per heavy atom. The van der Waals surface area contributed by atoms with E-state index < -0.39 is 34.2 Å².